The Morgan fingerprint density at radius 2 is 2.33 bits per heavy atom. The third-order valence-electron chi connectivity index (χ3n) is 2.58. The molecule has 1 unspecified atom stereocenters. The van der Waals surface area contributed by atoms with Crippen molar-refractivity contribution in [3.63, 3.8) is 0 Å². The summed E-state index contributed by atoms with van der Waals surface area (Å²) in [6.45, 7) is 4.87. The number of aromatic amines is 1. The average molecular weight is 272 g/mol. The molecule has 0 saturated heterocycles. The van der Waals surface area contributed by atoms with E-state index >= 15 is 0 Å². The first-order chi connectivity index (χ1) is 8.40. The van der Waals surface area contributed by atoms with E-state index in [1.807, 2.05) is 0 Å². The summed E-state index contributed by atoms with van der Waals surface area (Å²) in [5, 5.41) is -1.02. The standard InChI is InChI=1S/C11H16N2O4S/c1-3-9(18(15,16)17)8-13(11(14)4-2)10-6-5-7-12-10/h4-7,9,12H,2-3,8H2,1H3,(H,15,16,17). The number of H-pyrrole nitrogens is 1. The number of hydrogen-bond acceptors (Lipinski definition) is 3. The topological polar surface area (TPSA) is 90.5 Å². The molecule has 0 radical (unpaired) electrons. The van der Waals surface area contributed by atoms with Gasteiger partial charge in [-0.05, 0) is 24.6 Å². The van der Waals surface area contributed by atoms with Gasteiger partial charge in [0.25, 0.3) is 16.0 Å². The van der Waals surface area contributed by atoms with Crippen molar-refractivity contribution in [2.75, 3.05) is 11.4 Å². The quantitative estimate of drug-likeness (QED) is 0.601. The van der Waals surface area contributed by atoms with Crippen molar-refractivity contribution >= 4 is 21.8 Å². The van der Waals surface area contributed by atoms with Crippen molar-refractivity contribution in [3.05, 3.63) is 31.0 Å². The van der Waals surface area contributed by atoms with Crippen LogP contribution in [0.1, 0.15) is 13.3 Å². The molecule has 1 rings (SSSR count). The fourth-order valence-electron chi connectivity index (χ4n) is 1.54. The molecule has 0 aliphatic carbocycles. The Morgan fingerprint density at radius 3 is 2.72 bits per heavy atom. The molecule has 1 amide bonds. The smallest absolute Gasteiger partial charge is 0.269 e. The van der Waals surface area contributed by atoms with Gasteiger partial charge in [-0.2, -0.15) is 8.42 Å². The highest BCUT2D eigenvalue weighted by atomic mass is 32.2. The summed E-state index contributed by atoms with van der Waals surface area (Å²) in [5.41, 5.74) is 0. The molecule has 100 valence electrons. The third kappa shape index (κ3) is 3.44. The van der Waals surface area contributed by atoms with E-state index in [2.05, 4.69) is 11.6 Å². The van der Waals surface area contributed by atoms with Gasteiger partial charge in [0, 0.05) is 12.7 Å². The molecule has 2 N–H and O–H groups in total. The Bertz CT molecular complexity index is 507. The summed E-state index contributed by atoms with van der Waals surface area (Å²) in [7, 11) is -4.18. The highest BCUT2D eigenvalue weighted by Crippen LogP contribution is 2.15. The van der Waals surface area contributed by atoms with Gasteiger partial charge in [-0.15, -0.1) is 0 Å². The van der Waals surface area contributed by atoms with Crippen molar-refractivity contribution in [3.8, 4) is 0 Å². The van der Waals surface area contributed by atoms with Crippen LogP contribution in [0.2, 0.25) is 0 Å². The fraction of sp³-hybridized carbons (Fsp3) is 0.364. The number of carbonyl (C=O) groups excluding carboxylic acids is 1. The second-order valence-corrected chi connectivity index (χ2v) is 5.45. The Morgan fingerprint density at radius 1 is 1.67 bits per heavy atom. The van der Waals surface area contributed by atoms with E-state index in [1.165, 1.54) is 4.90 Å². The molecule has 6 nitrogen and oxygen atoms in total. The van der Waals surface area contributed by atoms with Crippen molar-refractivity contribution in [2.45, 2.75) is 18.6 Å². The van der Waals surface area contributed by atoms with Crippen molar-refractivity contribution in [1.82, 2.24) is 4.98 Å². The van der Waals surface area contributed by atoms with Gasteiger partial charge in [0.1, 0.15) is 11.1 Å². The first-order valence-corrected chi connectivity index (χ1v) is 6.94. The normalized spacial score (nSPS) is 13.0. The van der Waals surface area contributed by atoms with Crippen LogP contribution in [-0.2, 0) is 14.9 Å². The lowest BCUT2D eigenvalue weighted by Crippen LogP contribution is -2.39. The summed E-state index contributed by atoms with van der Waals surface area (Å²) in [5.74, 6) is 0.0292. The van der Waals surface area contributed by atoms with E-state index in [1.54, 1.807) is 25.3 Å². The lowest BCUT2D eigenvalue weighted by atomic mass is 10.3. The predicted molar refractivity (Wildman–Crippen MR) is 69.0 cm³/mol. The van der Waals surface area contributed by atoms with Gasteiger partial charge < -0.3 is 4.98 Å². The third-order valence-corrected chi connectivity index (χ3v) is 3.90. The number of amides is 1. The molecule has 0 aliphatic heterocycles. The van der Waals surface area contributed by atoms with Crippen LogP contribution in [-0.4, -0.2) is 35.7 Å². The molecule has 18 heavy (non-hydrogen) atoms. The number of aromatic nitrogens is 1. The van der Waals surface area contributed by atoms with E-state index in [-0.39, 0.29) is 13.0 Å². The molecule has 0 bridgehead atoms. The summed E-state index contributed by atoms with van der Waals surface area (Å²) in [6, 6.07) is 3.32. The fourth-order valence-corrected chi connectivity index (χ4v) is 2.30. The van der Waals surface area contributed by atoms with Crippen molar-refractivity contribution in [2.24, 2.45) is 0 Å². The Kier molecular flexibility index (Phi) is 4.69. The second kappa shape index (κ2) is 5.83. The Labute approximate surface area is 106 Å². The second-order valence-electron chi connectivity index (χ2n) is 3.75. The highest BCUT2D eigenvalue weighted by Gasteiger charge is 2.26. The molecule has 0 saturated carbocycles. The van der Waals surface area contributed by atoms with Gasteiger partial charge >= 0.3 is 0 Å². The summed E-state index contributed by atoms with van der Waals surface area (Å²) in [6.07, 6.45) is 2.92. The van der Waals surface area contributed by atoms with Gasteiger partial charge in [-0.25, -0.2) is 0 Å². The largest absolute Gasteiger partial charge is 0.348 e. The number of nitrogens with zero attached hydrogens (tertiary/aromatic N) is 1. The van der Waals surface area contributed by atoms with Crippen molar-refractivity contribution in [1.29, 1.82) is 0 Å². The molecule has 1 aromatic rings. The zero-order valence-corrected chi connectivity index (χ0v) is 10.9. The maximum absolute atomic E-state index is 11.7. The van der Waals surface area contributed by atoms with Crippen molar-refractivity contribution < 1.29 is 17.8 Å². The van der Waals surface area contributed by atoms with E-state index in [0.29, 0.717) is 5.82 Å². The number of carbonyl (C=O) groups is 1. The molecule has 0 aromatic carbocycles. The van der Waals surface area contributed by atoms with Crippen LogP contribution in [0.5, 0.6) is 0 Å². The summed E-state index contributed by atoms with van der Waals surface area (Å²) in [4.78, 5) is 15.7. The molecule has 1 heterocycles. The van der Waals surface area contributed by atoms with E-state index in [9.17, 15) is 13.2 Å². The minimum absolute atomic E-state index is 0.124. The zero-order valence-electron chi connectivity index (χ0n) is 10.0. The molecule has 0 spiro atoms. The number of anilines is 1. The SMILES string of the molecule is C=CC(=O)N(CC(CC)S(=O)(=O)O)c1ccc[nH]1. The summed E-state index contributed by atoms with van der Waals surface area (Å²) >= 11 is 0. The Hall–Kier alpha value is -1.60. The van der Waals surface area contributed by atoms with E-state index < -0.39 is 21.3 Å². The van der Waals surface area contributed by atoms with Gasteiger partial charge in [0.15, 0.2) is 0 Å². The van der Waals surface area contributed by atoms with Crippen LogP contribution in [0.4, 0.5) is 5.82 Å². The van der Waals surface area contributed by atoms with Crippen LogP contribution in [0.15, 0.2) is 31.0 Å². The van der Waals surface area contributed by atoms with Crippen LogP contribution in [0, 0.1) is 0 Å². The first-order valence-electron chi connectivity index (χ1n) is 5.43. The molecule has 0 fully saturated rings. The monoisotopic (exact) mass is 272 g/mol. The molecule has 7 heteroatoms. The van der Waals surface area contributed by atoms with Crippen LogP contribution < -0.4 is 4.90 Å². The van der Waals surface area contributed by atoms with Crippen LogP contribution in [0.25, 0.3) is 0 Å². The van der Waals surface area contributed by atoms with Gasteiger partial charge in [-0.3, -0.25) is 14.2 Å². The highest BCUT2D eigenvalue weighted by molar-refractivity contribution is 7.86. The van der Waals surface area contributed by atoms with Crippen LogP contribution in [0.3, 0.4) is 0 Å². The van der Waals surface area contributed by atoms with Gasteiger partial charge in [-0.1, -0.05) is 13.5 Å². The first kappa shape index (κ1) is 14.5. The van der Waals surface area contributed by atoms with Crippen LogP contribution >= 0.6 is 0 Å². The van der Waals surface area contributed by atoms with Gasteiger partial charge in [0.05, 0.1) is 0 Å². The molecular formula is C11H16N2O4S. The minimum atomic E-state index is -4.18. The lowest BCUT2D eigenvalue weighted by Gasteiger charge is -2.23. The number of nitrogens with one attached hydrogen (secondary N) is 1. The average Bonchev–Trinajstić information content (AvgIpc) is 2.81. The lowest BCUT2D eigenvalue weighted by molar-refractivity contribution is -0.114. The maximum atomic E-state index is 11.7. The molecule has 0 aliphatic rings. The Balaban J connectivity index is 2.99. The molecular weight excluding hydrogens is 256 g/mol. The zero-order chi connectivity index (χ0) is 13.8. The predicted octanol–water partition coefficient (Wildman–Crippen LogP) is 1.20. The van der Waals surface area contributed by atoms with Gasteiger partial charge in [0.2, 0.25) is 0 Å². The number of rotatable bonds is 6. The number of hydrogen-bond donors (Lipinski definition) is 2. The van der Waals surface area contributed by atoms with E-state index in [4.69, 9.17) is 4.55 Å². The maximum Gasteiger partial charge on any atom is 0.269 e. The summed E-state index contributed by atoms with van der Waals surface area (Å²) < 4.78 is 31.4. The molecule has 1 atom stereocenters. The molecule has 1 aromatic heterocycles. The minimum Gasteiger partial charge on any atom is -0.348 e. The van der Waals surface area contributed by atoms with E-state index in [0.717, 1.165) is 6.08 Å².